The molecule has 26 nitrogen and oxygen atoms in total. The maximum Gasteiger partial charge on any atom is 0.308 e. The van der Waals surface area contributed by atoms with Gasteiger partial charge in [-0.05, 0) is 78.0 Å². The first-order valence-corrected chi connectivity index (χ1v) is 28.7. The Morgan fingerprint density at radius 3 is 1.81 bits per heavy atom. The summed E-state index contributed by atoms with van der Waals surface area (Å²) in [6, 6.07) is 4.20. The molecule has 26 heteroatoms. The van der Waals surface area contributed by atoms with Gasteiger partial charge in [-0.1, -0.05) is 13.8 Å². The number of benzene rings is 2. The van der Waals surface area contributed by atoms with Gasteiger partial charge in [0.1, 0.15) is 65.6 Å². The zero-order valence-corrected chi connectivity index (χ0v) is 49.3. The summed E-state index contributed by atoms with van der Waals surface area (Å²) >= 11 is 0. The maximum absolute atomic E-state index is 15.1. The molecule has 1 aliphatic carbocycles. The highest BCUT2D eigenvalue weighted by Gasteiger charge is 2.53. The van der Waals surface area contributed by atoms with Crippen LogP contribution >= 0.6 is 0 Å². The summed E-state index contributed by atoms with van der Waals surface area (Å²) < 4.78 is 84.3. The molecule has 5 aliphatic heterocycles. The highest BCUT2D eigenvalue weighted by atomic mass is 16.7. The van der Waals surface area contributed by atoms with Crippen LogP contribution in [0.4, 0.5) is 0 Å². The Kier molecular flexibility index (Phi) is 21.1. The van der Waals surface area contributed by atoms with E-state index in [1.807, 2.05) is 0 Å². The number of phenols is 2. The van der Waals surface area contributed by atoms with Crippen molar-refractivity contribution in [1.82, 2.24) is 0 Å². The molecule has 5 fully saturated rings. The van der Waals surface area contributed by atoms with Crippen molar-refractivity contribution < 1.29 is 126 Å². The molecule has 2 aromatic rings. The number of ketones is 2. The lowest BCUT2D eigenvalue weighted by molar-refractivity contribution is -0.334. The van der Waals surface area contributed by atoms with Crippen LogP contribution < -0.4 is 4.74 Å². The summed E-state index contributed by atoms with van der Waals surface area (Å²) in [6.07, 6.45) is -25.9. The number of rotatable bonds is 19. The topological polar surface area (TPSA) is 359 Å². The quantitative estimate of drug-likeness (QED) is 0.0931. The summed E-state index contributed by atoms with van der Waals surface area (Å²) in [5, 5.41) is 89.9. The summed E-state index contributed by atoms with van der Waals surface area (Å²) in [5.74, 6) is -5.78. The van der Waals surface area contributed by atoms with Crippen LogP contribution in [0.5, 0.6) is 17.2 Å². The predicted molar refractivity (Wildman–Crippen MR) is 287 cm³/mol. The Morgan fingerprint density at radius 1 is 0.690 bits per heavy atom. The number of esters is 2. The Balaban J connectivity index is 1.02. The first-order valence-electron chi connectivity index (χ1n) is 28.7. The van der Waals surface area contributed by atoms with Gasteiger partial charge in [-0.2, -0.15) is 0 Å². The minimum Gasteiger partial charge on any atom is -0.507 e. The van der Waals surface area contributed by atoms with Crippen molar-refractivity contribution in [1.29, 1.82) is 0 Å². The van der Waals surface area contributed by atoms with Crippen molar-refractivity contribution in [3.05, 3.63) is 29.3 Å². The molecule has 25 atom stereocenters. The molecular weight excluding hydrogens is 1110 g/mol. The standard InChI is InChI=1S/C58H84O26/c1-22(2)57(69)84-56-28(8)77-43(21-58(56,10)70)81-37-18-41(73-24(4)48(37)65)80-36-19-42(74-25(5)47(36)64)83-55-33(54(72-12)51(68)46(63)23(3)59)15-31-13-30-14-32(16-34(61)44(30)49(66)45(31)50(55)67)79-40-20-38(53(27(7)76-40)78-29(9)60)82-39-17-35(62)52(71-11)26(6)75-39/h13-14,16,22-28,33,35-43,46-48,52-56,59,61-66,70H,15,17-21H2,1-12H3. The molecule has 8 rings (SSSR count). The van der Waals surface area contributed by atoms with E-state index in [0.29, 0.717) is 0 Å². The van der Waals surface area contributed by atoms with Gasteiger partial charge in [0.15, 0.2) is 48.9 Å². The number of aromatic hydroxyl groups is 2. The molecule has 5 heterocycles. The lowest BCUT2D eigenvalue weighted by Gasteiger charge is -2.47. The summed E-state index contributed by atoms with van der Waals surface area (Å²) in [6.45, 7) is 15.4. The van der Waals surface area contributed by atoms with Gasteiger partial charge in [0.2, 0.25) is 6.29 Å². The largest absolute Gasteiger partial charge is 0.507 e. The number of phenolic OH excluding ortho intramolecular Hbond substituents is 2. The number of carbonyl (C=O) groups excluding carboxylic acids is 4. The third-order valence-corrected chi connectivity index (χ3v) is 16.7. The first-order chi connectivity index (χ1) is 39.5. The van der Waals surface area contributed by atoms with Crippen molar-refractivity contribution in [2.24, 2.45) is 11.8 Å². The molecule has 0 saturated carbocycles. The second-order valence-electron chi connectivity index (χ2n) is 23.7. The lowest BCUT2D eigenvalue weighted by Crippen LogP contribution is -2.59. The summed E-state index contributed by atoms with van der Waals surface area (Å²) in [5.41, 5.74) is -1.66. The van der Waals surface area contributed by atoms with Gasteiger partial charge in [0.25, 0.3) is 0 Å². The zero-order chi connectivity index (χ0) is 61.5. The van der Waals surface area contributed by atoms with E-state index >= 15 is 4.79 Å². The average molecular weight is 1200 g/mol. The fourth-order valence-electron chi connectivity index (χ4n) is 12.3. The minimum absolute atomic E-state index is 0.0249. The van der Waals surface area contributed by atoms with Crippen molar-refractivity contribution >= 4 is 34.3 Å². The van der Waals surface area contributed by atoms with Gasteiger partial charge in [-0.15, -0.1) is 0 Å². The van der Waals surface area contributed by atoms with Crippen LogP contribution in [0.3, 0.4) is 0 Å². The van der Waals surface area contributed by atoms with Crippen LogP contribution in [0, 0.1) is 11.8 Å². The van der Waals surface area contributed by atoms with Crippen molar-refractivity contribution in [2.45, 2.75) is 255 Å². The van der Waals surface area contributed by atoms with Crippen LogP contribution in [0.2, 0.25) is 0 Å². The van der Waals surface area contributed by atoms with Gasteiger partial charge in [0, 0.05) is 65.2 Å². The molecule has 0 aromatic heterocycles. The van der Waals surface area contributed by atoms with E-state index in [1.54, 1.807) is 41.5 Å². The fraction of sp³-hybridized carbons (Fsp3) is 0.759. The van der Waals surface area contributed by atoms with Crippen LogP contribution in [0.1, 0.15) is 117 Å². The maximum atomic E-state index is 15.1. The first kappa shape index (κ1) is 65.7. The van der Waals surface area contributed by atoms with E-state index in [-0.39, 0.29) is 66.2 Å². The van der Waals surface area contributed by atoms with Crippen molar-refractivity contribution in [2.75, 3.05) is 14.2 Å². The van der Waals surface area contributed by atoms with Gasteiger partial charge in [-0.3, -0.25) is 19.2 Å². The number of aliphatic hydroxyl groups is 6. The Bertz CT molecular complexity index is 2620. The van der Waals surface area contributed by atoms with E-state index in [9.17, 15) is 55.2 Å². The molecule has 0 spiro atoms. The molecule has 2 aromatic carbocycles. The fourth-order valence-corrected chi connectivity index (χ4v) is 12.3. The Labute approximate surface area is 486 Å². The van der Waals surface area contributed by atoms with Crippen LogP contribution in [0.25, 0.3) is 10.8 Å². The highest BCUT2D eigenvalue weighted by molar-refractivity contribution is 6.11. The molecule has 5 saturated heterocycles. The predicted octanol–water partition coefficient (Wildman–Crippen LogP) is 1.87. The molecule has 25 unspecified atom stereocenters. The number of hydrogen-bond donors (Lipinski definition) is 8. The molecule has 8 N–H and O–H groups in total. The molecule has 0 amide bonds. The SMILES string of the molecule is COC(C(=O)C(O)C(C)O)C1Cc2cc3cc(OC4CC(OC5CC(O)C(OC)C(C)O5)C(OC(C)=O)C(C)O4)cc(O)c3c(O)c2C(=O)C1OC1CC(OC2CC(OC3CC(C)(O)C(OC(=O)C(C)C)C(C)O3)C(O)C(C)O2)C(O)C(C)O1. The van der Waals surface area contributed by atoms with Gasteiger partial charge in [0.05, 0.1) is 71.8 Å². The number of Topliss-reactive ketones (excluding diaryl/α,β-unsaturated/α-hetero) is 2. The van der Waals surface area contributed by atoms with Crippen molar-refractivity contribution in [3.8, 4) is 17.2 Å². The van der Waals surface area contributed by atoms with Crippen LogP contribution in [-0.4, -0.2) is 225 Å². The van der Waals surface area contributed by atoms with Crippen LogP contribution in [0.15, 0.2) is 18.2 Å². The number of methoxy groups -OCH3 is 2. The number of fused-ring (bicyclic) bond motifs is 2. The molecule has 0 radical (unpaired) electrons. The smallest absolute Gasteiger partial charge is 0.308 e. The Hall–Kier alpha value is -4.30. The Morgan fingerprint density at radius 2 is 1.24 bits per heavy atom. The highest BCUT2D eigenvalue weighted by Crippen LogP contribution is 2.46. The molecule has 6 aliphatic rings. The second kappa shape index (κ2) is 27.0. The molecule has 84 heavy (non-hydrogen) atoms. The van der Waals surface area contributed by atoms with E-state index in [0.717, 1.165) is 0 Å². The van der Waals surface area contributed by atoms with Gasteiger partial charge in [-0.25, -0.2) is 0 Å². The normalized spacial score (nSPS) is 39.5. The van der Waals surface area contributed by atoms with Gasteiger partial charge >= 0.3 is 11.9 Å². The van der Waals surface area contributed by atoms with E-state index in [1.165, 1.54) is 60.1 Å². The number of hydrogen-bond acceptors (Lipinski definition) is 26. The number of ether oxygens (including phenoxy) is 14. The van der Waals surface area contributed by atoms with Crippen molar-refractivity contribution in [3.63, 3.8) is 0 Å². The lowest BCUT2D eigenvalue weighted by atomic mass is 9.75. The molecule has 0 bridgehead atoms. The van der Waals surface area contributed by atoms with E-state index in [2.05, 4.69) is 0 Å². The third kappa shape index (κ3) is 14.3. The number of carbonyl (C=O) groups is 4. The zero-order valence-electron chi connectivity index (χ0n) is 49.3. The second-order valence-corrected chi connectivity index (χ2v) is 23.7. The summed E-state index contributed by atoms with van der Waals surface area (Å²) in [7, 11) is 2.64. The summed E-state index contributed by atoms with van der Waals surface area (Å²) in [4.78, 5) is 53.8. The number of aliphatic hydroxyl groups excluding tert-OH is 5. The minimum atomic E-state index is -1.96. The van der Waals surface area contributed by atoms with Crippen LogP contribution in [-0.2, 0) is 82.4 Å². The average Bonchev–Trinajstić information content (AvgIpc) is 1.05. The van der Waals surface area contributed by atoms with E-state index in [4.69, 9.17) is 66.3 Å². The van der Waals surface area contributed by atoms with Gasteiger partial charge < -0.3 is 107 Å². The van der Waals surface area contributed by atoms with E-state index < -0.39 is 194 Å². The monoisotopic (exact) mass is 1200 g/mol. The third-order valence-electron chi connectivity index (χ3n) is 16.7. The molecular formula is C58H84O26. The molecule has 472 valence electrons.